The zero-order valence-electron chi connectivity index (χ0n) is 9.77. The molecule has 0 saturated carbocycles. The number of benzene rings is 1. The van der Waals surface area contributed by atoms with E-state index in [2.05, 4.69) is 39.1 Å². The van der Waals surface area contributed by atoms with Gasteiger partial charge < -0.3 is 10.6 Å². The van der Waals surface area contributed by atoms with Crippen LogP contribution in [0.15, 0.2) is 24.4 Å². The minimum absolute atomic E-state index is 0.800. The summed E-state index contributed by atoms with van der Waals surface area (Å²) < 4.78 is 1.73. The molecule has 0 fully saturated rings. The van der Waals surface area contributed by atoms with E-state index >= 15 is 0 Å². The fraction of sp³-hybridized carbons (Fsp3) is 0.333. The number of rotatable bonds is 3. The third-order valence-electron chi connectivity index (χ3n) is 3.09. The Morgan fingerprint density at radius 2 is 2.24 bits per heavy atom. The Morgan fingerprint density at radius 3 is 3.06 bits per heavy atom. The fourth-order valence-electron chi connectivity index (χ4n) is 2.10. The number of aryl methyl sites for hydroxylation is 1. The van der Waals surface area contributed by atoms with Gasteiger partial charge in [0.2, 0.25) is 0 Å². The molecule has 5 heteroatoms. The van der Waals surface area contributed by atoms with E-state index in [4.69, 9.17) is 0 Å². The lowest BCUT2D eigenvalue weighted by atomic mass is 10.1. The Labute approximate surface area is 99.8 Å². The lowest BCUT2D eigenvalue weighted by Gasteiger charge is -2.07. The number of hydrogen-bond donors (Lipinski definition) is 2. The van der Waals surface area contributed by atoms with E-state index in [1.807, 2.05) is 7.05 Å². The molecule has 1 aliphatic heterocycles. The molecule has 0 unspecified atom stereocenters. The Hall–Kier alpha value is -1.88. The van der Waals surface area contributed by atoms with Gasteiger partial charge in [-0.2, -0.15) is 0 Å². The van der Waals surface area contributed by atoms with Crippen molar-refractivity contribution in [3.63, 3.8) is 0 Å². The first kappa shape index (κ1) is 10.3. The van der Waals surface area contributed by atoms with Crippen molar-refractivity contribution in [2.24, 2.45) is 7.05 Å². The summed E-state index contributed by atoms with van der Waals surface area (Å²) in [6, 6.07) is 6.63. The molecule has 0 radical (unpaired) electrons. The van der Waals surface area contributed by atoms with Crippen molar-refractivity contribution in [2.75, 3.05) is 5.32 Å². The molecule has 0 bridgehead atoms. The summed E-state index contributed by atoms with van der Waals surface area (Å²) >= 11 is 0. The SMILES string of the molecule is Cn1nncc1NCc1ccc2c(c1)CNC2. The highest BCUT2D eigenvalue weighted by molar-refractivity contribution is 5.37. The third-order valence-corrected chi connectivity index (χ3v) is 3.09. The summed E-state index contributed by atoms with van der Waals surface area (Å²) in [5.74, 6) is 0.934. The third kappa shape index (κ3) is 2.01. The van der Waals surface area contributed by atoms with Crippen LogP contribution in [-0.2, 0) is 26.7 Å². The highest BCUT2D eigenvalue weighted by Crippen LogP contribution is 2.17. The predicted octanol–water partition coefficient (Wildman–Crippen LogP) is 1.03. The topological polar surface area (TPSA) is 54.8 Å². The molecule has 5 nitrogen and oxygen atoms in total. The molecule has 0 saturated heterocycles. The minimum atomic E-state index is 0.800. The van der Waals surface area contributed by atoms with Gasteiger partial charge in [0.25, 0.3) is 0 Å². The predicted molar refractivity (Wildman–Crippen MR) is 65.3 cm³/mol. The normalized spacial score (nSPS) is 13.7. The number of fused-ring (bicyclic) bond motifs is 1. The van der Waals surface area contributed by atoms with Crippen molar-refractivity contribution >= 4 is 5.82 Å². The van der Waals surface area contributed by atoms with Gasteiger partial charge in [0, 0.05) is 26.7 Å². The van der Waals surface area contributed by atoms with Gasteiger partial charge in [0.15, 0.2) is 0 Å². The van der Waals surface area contributed by atoms with E-state index in [9.17, 15) is 0 Å². The zero-order chi connectivity index (χ0) is 11.7. The Bertz CT molecular complexity index is 531. The molecule has 17 heavy (non-hydrogen) atoms. The van der Waals surface area contributed by atoms with E-state index in [0.29, 0.717) is 0 Å². The lowest BCUT2D eigenvalue weighted by Crippen LogP contribution is -2.05. The minimum Gasteiger partial charge on any atom is -0.365 e. The average Bonchev–Trinajstić information content (AvgIpc) is 2.94. The average molecular weight is 229 g/mol. The molecule has 0 amide bonds. The number of aromatic nitrogens is 3. The Kier molecular flexibility index (Phi) is 2.53. The molecule has 1 aromatic carbocycles. The second-order valence-corrected chi connectivity index (χ2v) is 4.30. The van der Waals surface area contributed by atoms with E-state index in [0.717, 1.165) is 25.5 Å². The van der Waals surface area contributed by atoms with Gasteiger partial charge in [-0.3, -0.25) is 0 Å². The maximum Gasteiger partial charge on any atom is 0.144 e. The standard InChI is InChI=1S/C12H15N5/c1-17-12(8-15-16-17)14-5-9-2-3-10-6-13-7-11(10)4-9/h2-4,8,13-14H,5-7H2,1H3. The summed E-state index contributed by atoms with van der Waals surface area (Å²) in [4.78, 5) is 0. The van der Waals surface area contributed by atoms with Gasteiger partial charge in [0.05, 0.1) is 6.20 Å². The maximum atomic E-state index is 3.88. The molecule has 2 N–H and O–H groups in total. The molecular weight excluding hydrogens is 214 g/mol. The van der Waals surface area contributed by atoms with Crippen LogP contribution in [0.4, 0.5) is 5.82 Å². The second-order valence-electron chi connectivity index (χ2n) is 4.30. The van der Waals surface area contributed by atoms with Crippen molar-refractivity contribution in [1.82, 2.24) is 20.3 Å². The van der Waals surface area contributed by atoms with Crippen LogP contribution in [0.1, 0.15) is 16.7 Å². The largest absolute Gasteiger partial charge is 0.365 e. The Morgan fingerprint density at radius 1 is 1.35 bits per heavy atom. The smallest absolute Gasteiger partial charge is 0.144 e. The van der Waals surface area contributed by atoms with Crippen LogP contribution in [0, 0.1) is 0 Å². The molecule has 2 aromatic rings. The lowest BCUT2D eigenvalue weighted by molar-refractivity contribution is 0.717. The van der Waals surface area contributed by atoms with Gasteiger partial charge in [-0.05, 0) is 16.7 Å². The number of hydrogen-bond acceptors (Lipinski definition) is 4. The molecule has 1 aliphatic rings. The van der Waals surface area contributed by atoms with Crippen LogP contribution in [0.5, 0.6) is 0 Å². The first-order chi connectivity index (χ1) is 8.33. The highest BCUT2D eigenvalue weighted by atomic mass is 15.4. The van der Waals surface area contributed by atoms with Crippen molar-refractivity contribution in [3.05, 3.63) is 41.1 Å². The monoisotopic (exact) mass is 229 g/mol. The van der Waals surface area contributed by atoms with E-state index in [1.54, 1.807) is 10.9 Å². The fourth-order valence-corrected chi connectivity index (χ4v) is 2.10. The summed E-state index contributed by atoms with van der Waals surface area (Å²) in [5.41, 5.74) is 4.11. The summed E-state index contributed by atoms with van der Waals surface area (Å²) in [6.45, 7) is 2.78. The van der Waals surface area contributed by atoms with Crippen molar-refractivity contribution < 1.29 is 0 Å². The molecule has 2 heterocycles. The van der Waals surface area contributed by atoms with E-state index < -0.39 is 0 Å². The van der Waals surface area contributed by atoms with Gasteiger partial charge in [-0.25, -0.2) is 4.68 Å². The van der Waals surface area contributed by atoms with Gasteiger partial charge in [-0.1, -0.05) is 23.4 Å². The number of anilines is 1. The van der Waals surface area contributed by atoms with E-state index in [1.165, 1.54) is 16.7 Å². The van der Waals surface area contributed by atoms with Gasteiger partial charge in [-0.15, -0.1) is 5.10 Å². The van der Waals surface area contributed by atoms with E-state index in [-0.39, 0.29) is 0 Å². The van der Waals surface area contributed by atoms with Crippen molar-refractivity contribution in [1.29, 1.82) is 0 Å². The summed E-state index contributed by atoms with van der Waals surface area (Å²) in [5, 5.41) is 14.4. The number of nitrogens with zero attached hydrogens (tertiary/aromatic N) is 3. The molecular formula is C12H15N5. The first-order valence-corrected chi connectivity index (χ1v) is 5.73. The van der Waals surface area contributed by atoms with Crippen LogP contribution in [0.25, 0.3) is 0 Å². The number of nitrogens with one attached hydrogen (secondary N) is 2. The van der Waals surface area contributed by atoms with Crippen LogP contribution >= 0.6 is 0 Å². The second kappa shape index (κ2) is 4.18. The van der Waals surface area contributed by atoms with Crippen molar-refractivity contribution in [2.45, 2.75) is 19.6 Å². The van der Waals surface area contributed by atoms with Crippen LogP contribution in [-0.4, -0.2) is 15.0 Å². The van der Waals surface area contributed by atoms with Crippen molar-refractivity contribution in [3.8, 4) is 0 Å². The van der Waals surface area contributed by atoms with Crippen LogP contribution in [0.3, 0.4) is 0 Å². The quantitative estimate of drug-likeness (QED) is 0.825. The highest BCUT2D eigenvalue weighted by Gasteiger charge is 2.09. The first-order valence-electron chi connectivity index (χ1n) is 5.73. The summed E-state index contributed by atoms with van der Waals surface area (Å²) in [6.07, 6.45) is 1.73. The molecule has 0 atom stereocenters. The molecule has 88 valence electrons. The molecule has 3 rings (SSSR count). The maximum absolute atomic E-state index is 3.88. The molecule has 0 aliphatic carbocycles. The summed E-state index contributed by atoms with van der Waals surface area (Å²) in [7, 11) is 1.88. The zero-order valence-corrected chi connectivity index (χ0v) is 9.77. The van der Waals surface area contributed by atoms with Crippen LogP contribution in [0.2, 0.25) is 0 Å². The molecule has 1 aromatic heterocycles. The van der Waals surface area contributed by atoms with Crippen LogP contribution < -0.4 is 10.6 Å². The Balaban J connectivity index is 1.72. The van der Waals surface area contributed by atoms with Gasteiger partial charge in [0.1, 0.15) is 5.82 Å². The van der Waals surface area contributed by atoms with Gasteiger partial charge >= 0.3 is 0 Å². The molecule has 0 spiro atoms.